The lowest BCUT2D eigenvalue weighted by atomic mass is 9.82. The molecule has 1 aromatic carbocycles. The van der Waals surface area contributed by atoms with Gasteiger partial charge in [0, 0.05) is 0 Å². The van der Waals surface area contributed by atoms with Crippen LogP contribution >= 0.6 is 0 Å². The minimum Gasteiger partial charge on any atom is -0.0996 e. The first-order valence-electron chi connectivity index (χ1n) is 8.96. The smallest absolute Gasteiger partial charge is 0.0206 e. The van der Waals surface area contributed by atoms with Gasteiger partial charge in [-0.15, -0.1) is 0 Å². The second-order valence-corrected chi connectivity index (χ2v) is 6.37. The molecule has 0 spiro atoms. The molecule has 0 aliphatic heterocycles. The highest BCUT2D eigenvalue weighted by atomic mass is 14.2. The third kappa shape index (κ3) is 6.98. The molecule has 21 heavy (non-hydrogen) atoms. The van der Waals surface area contributed by atoms with Gasteiger partial charge >= 0.3 is 0 Å². The maximum Gasteiger partial charge on any atom is -0.0206 e. The van der Waals surface area contributed by atoms with E-state index in [1.165, 1.54) is 68.1 Å². The van der Waals surface area contributed by atoms with Gasteiger partial charge in [0.15, 0.2) is 0 Å². The molecule has 0 N–H and O–H groups in total. The summed E-state index contributed by atoms with van der Waals surface area (Å²) in [5.74, 6) is 0.814. The van der Waals surface area contributed by atoms with Crippen LogP contribution in [0.1, 0.15) is 76.8 Å². The summed E-state index contributed by atoms with van der Waals surface area (Å²) in [6.07, 6.45) is 11.7. The summed E-state index contributed by atoms with van der Waals surface area (Å²) in [5, 5.41) is 0. The topological polar surface area (TPSA) is 0 Å². The second-order valence-electron chi connectivity index (χ2n) is 6.37. The average molecular weight is 287 g/mol. The Labute approximate surface area is 132 Å². The van der Waals surface area contributed by atoms with Crippen molar-refractivity contribution in [3.8, 4) is 0 Å². The van der Waals surface area contributed by atoms with Crippen LogP contribution in [-0.2, 0) is 12.8 Å². The Morgan fingerprint density at radius 3 is 2.00 bits per heavy atom. The van der Waals surface area contributed by atoms with E-state index >= 15 is 0 Å². The van der Waals surface area contributed by atoms with Gasteiger partial charge in [-0.3, -0.25) is 0 Å². The molecule has 0 radical (unpaired) electrons. The Morgan fingerprint density at radius 1 is 0.952 bits per heavy atom. The van der Waals surface area contributed by atoms with Gasteiger partial charge in [-0.05, 0) is 49.1 Å². The molecule has 0 amide bonds. The van der Waals surface area contributed by atoms with Crippen LogP contribution in [-0.4, -0.2) is 0 Å². The Hall–Kier alpha value is -1.04. The number of rotatable bonds is 5. The van der Waals surface area contributed by atoms with E-state index in [9.17, 15) is 0 Å². The number of benzene rings is 1. The Morgan fingerprint density at radius 2 is 1.48 bits per heavy atom. The van der Waals surface area contributed by atoms with Crippen molar-refractivity contribution in [2.24, 2.45) is 5.92 Å². The predicted molar refractivity (Wildman–Crippen MR) is 95.8 cm³/mol. The van der Waals surface area contributed by atoms with Gasteiger partial charge in [0.1, 0.15) is 0 Å². The SMILES string of the molecule is C=C(CCc1ccc(CC)cc1)C1CCCCC1.CCC. The third-order valence-electron chi connectivity index (χ3n) is 4.35. The highest BCUT2D eigenvalue weighted by Crippen LogP contribution is 2.30. The Bertz CT molecular complexity index is 379. The van der Waals surface area contributed by atoms with E-state index in [-0.39, 0.29) is 0 Å². The standard InChI is InChI=1S/C18H26.C3H8/c1-3-16-11-13-17(14-12-16)10-9-15(2)18-7-5-4-6-8-18;1-3-2/h11-14,18H,2-10H2,1H3;3H2,1-2H3. The number of allylic oxidation sites excluding steroid dienone is 1. The fraction of sp³-hybridized carbons (Fsp3) is 0.619. The van der Waals surface area contributed by atoms with Crippen molar-refractivity contribution in [1.29, 1.82) is 0 Å². The van der Waals surface area contributed by atoms with Crippen molar-refractivity contribution >= 4 is 0 Å². The van der Waals surface area contributed by atoms with Gasteiger partial charge in [0.05, 0.1) is 0 Å². The van der Waals surface area contributed by atoms with Gasteiger partial charge in [-0.1, -0.05) is 82.9 Å². The van der Waals surface area contributed by atoms with Crippen LogP contribution in [0, 0.1) is 5.92 Å². The lowest BCUT2D eigenvalue weighted by Gasteiger charge is -2.23. The first kappa shape index (κ1) is 18.0. The van der Waals surface area contributed by atoms with Crippen molar-refractivity contribution in [3.05, 3.63) is 47.5 Å². The molecule has 118 valence electrons. The zero-order valence-electron chi connectivity index (χ0n) is 14.5. The van der Waals surface area contributed by atoms with Crippen LogP contribution < -0.4 is 0 Å². The summed E-state index contributed by atoms with van der Waals surface area (Å²) in [7, 11) is 0. The lowest BCUT2D eigenvalue weighted by molar-refractivity contribution is 0.396. The quantitative estimate of drug-likeness (QED) is 0.526. The molecule has 2 rings (SSSR count). The molecule has 0 unspecified atom stereocenters. The highest BCUT2D eigenvalue weighted by Gasteiger charge is 2.15. The maximum atomic E-state index is 4.33. The van der Waals surface area contributed by atoms with Crippen molar-refractivity contribution in [2.75, 3.05) is 0 Å². The minimum atomic E-state index is 0.814. The van der Waals surface area contributed by atoms with Crippen LogP contribution in [0.5, 0.6) is 0 Å². The molecule has 0 atom stereocenters. The molecule has 0 nitrogen and oxygen atoms in total. The first-order valence-corrected chi connectivity index (χ1v) is 8.96. The molecule has 1 saturated carbocycles. The molecule has 0 saturated heterocycles. The largest absolute Gasteiger partial charge is 0.0996 e. The van der Waals surface area contributed by atoms with Crippen LogP contribution in [0.25, 0.3) is 0 Å². The first-order chi connectivity index (χ1) is 10.2. The minimum absolute atomic E-state index is 0.814. The van der Waals surface area contributed by atoms with Crippen LogP contribution in [0.15, 0.2) is 36.4 Å². The number of aryl methyl sites for hydroxylation is 2. The van der Waals surface area contributed by atoms with Crippen LogP contribution in [0.4, 0.5) is 0 Å². The van der Waals surface area contributed by atoms with E-state index in [4.69, 9.17) is 0 Å². The monoisotopic (exact) mass is 286 g/mol. The molecule has 1 aliphatic carbocycles. The summed E-state index contributed by atoms with van der Waals surface area (Å²) in [4.78, 5) is 0. The van der Waals surface area contributed by atoms with Gasteiger partial charge in [0.25, 0.3) is 0 Å². The molecule has 1 fully saturated rings. The molecular formula is C21H34. The molecule has 0 heteroatoms. The number of hydrogen-bond donors (Lipinski definition) is 0. The Balaban J connectivity index is 0.000000677. The molecule has 1 aromatic rings. The van der Waals surface area contributed by atoms with E-state index < -0.39 is 0 Å². The van der Waals surface area contributed by atoms with Gasteiger partial charge in [-0.2, -0.15) is 0 Å². The molecule has 1 aliphatic rings. The summed E-state index contributed by atoms with van der Waals surface area (Å²) < 4.78 is 0. The molecule has 0 heterocycles. The Kier molecular flexibility index (Phi) is 9.14. The highest BCUT2D eigenvalue weighted by molar-refractivity contribution is 5.23. The van der Waals surface area contributed by atoms with Crippen molar-refractivity contribution in [1.82, 2.24) is 0 Å². The van der Waals surface area contributed by atoms with Crippen molar-refractivity contribution in [2.45, 2.75) is 78.6 Å². The van der Waals surface area contributed by atoms with E-state index in [0.29, 0.717) is 0 Å². The van der Waals surface area contributed by atoms with Crippen LogP contribution in [0.3, 0.4) is 0 Å². The van der Waals surface area contributed by atoms with E-state index in [0.717, 1.165) is 12.3 Å². The zero-order valence-corrected chi connectivity index (χ0v) is 14.5. The maximum absolute atomic E-state index is 4.33. The molecule has 0 aromatic heterocycles. The molecule has 0 bridgehead atoms. The van der Waals surface area contributed by atoms with E-state index in [2.05, 4.69) is 51.6 Å². The summed E-state index contributed by atoms with van der Waals surface area (Å²) >= 11 is 0. The second kappa shape index (κ2) is 10.7. The van der Waals surface area contributed by atoms with E-state index in [1.54, 1.807) is 0 Å². The third-order valence-corrected chi connectivity index (χ3v) is 4.35. The van der Waals surface area contributed by atoms with Crippen molar-refractivity contribution in [3.63, 3.8) is 0 Å². The molecular weight excluding hydrogens is 252 g/mol. The predicted octanol–water partition coefficient (Wildman–Crippen LogP) is 6.73. The van der Waals surface area contributed by atoms with Crippen LogP contribution in [0.2, 0.25) is 0 Å². The fourth-order valence-corrected chi connectivity index (χ4v) is 2.96. The van der Waals surface area contributed by atoms with Gasteiger partial charge in [-0.25, -0.2) is 0 Å². The normalized spacial score (nSPS) is 15.2. The van der Waals surface area contributed by atoms with Gasteiger partial charge < -0.3 is 0 Å². The summed E-state index contributed by atoms with van der Waals surface area (Å²) in [6.45, 7) is 10.8. The van der Waals surface area contributed by atoms with Crippen molar-refractivity contribution < 1.29 is 0 Å². The zero-order chi connectivity index (χ0) is 15.5. The summed E-state index contributed by atoms with van der Waals surface area (Å²) in [5.41, 5.74) is 4.39. The van der Waals surface area contributed by atoms with E-state index in [1.807, 2.05) is 0 Å². The lowest BCUT2D eigenvalue weighted by Crippen LogP contribution is -2.09. The fourth-order valence-electron chi connectivity index (χ4n) is 2.96. The van der Waals surface area contributed by atoms with Gasteiger partial charge in [0.2, 0.25) is 0 Å². The average Bonchev–Trinajstić information content (AvgIpc) is 2.54. The summed E-state index contributed by atoms with van der Waals surface area (Å²) in [6, 6.07) is 9.09. The number of hydrogen-bond acceptors (Lipinski definition) is 0.